The van der Waals surface area contributed by atoms with Crippen molar-refractivity contribution < 1.29 is 4.74 Å². The van der Waals surface area contributed by atoms with Crippen LogP contribution in [-0.2, 0) is 17.0 Å². The molecule has 2 aromatic rings. The average Bonchev–Trinajstić information content (AvgIpc) is 3.35. The summed E-state index contributed by atoms with van der Waals surface area (Å²) in [5, 5.41) is 3.80. The highest BCUT2D eigenvalue weighted by Gasteiger charge is 2.45. The first kappa shape index (κ1) is 22.2. The van der Waals surface area contributed by atoms with Gasteiger partial charge >= 0.3 is 0 Å². The molecule has 2 aliphatic heterocycles. The van der Waals surface area contributed by atoms with Gasteiger partial charge in [0.1, 0.15) is 5.72 Å². The van der Waals surface area contributed by atoms with Gasteiger partial charge in [-0.1, -0.05) is 60.7 Å². The average molecular weight is 443 g/mol. The van der Waals surface area contributed by atoms with Crippen LogP contribution in [0.5, 0.6) is 0 Å². The molecule has 2 fully saturated rings. The smallest absolute Gasteiger partial charge is 0.145 e. The van der Waals surface area contributed by atoms with E-state index in [0.29, 0.717) is 10.6 Å². The third-order valence-corrected chi connectivity index (χ3v) is 10.3. The second kappa shape index (κ2) is 9.66. The predicted octanol–water partition coefficient (Wildman–Crippen LogP) is 5.32. The Bertz CT molecular complexity index is 785. The number of piperidine rings is 1. The molecule has 2 atom stereocenters. The molecule has 1 N–H and O–H groups in total. The van der Waals surface area contributed by atoms with Gasteiger partial charge in [0.25, 0.3) is 0 Å². The van der Waals surface area contributed by atoms with Crippen molar-refractivity contribution in [3.05, 3.63) is 71.8 Å². The molecule has 0 aliphatic carbocycles. The van der Waals surface area contributed by atoms with Crippen molar-refractivity contribution in [2.75, 3.05) is 25.2 Å². The zero-order chi connectivity index (χ0) is 21.0. The number of hydrogen-bond donors (Lipinski definition) is 1. The summed E-state index contributed by atoms with van der Waals surface area (Å²) in [7, 11) is 1.83. The van der Waals surface area contributed by atoms with Crippen molar-refractivity contribution in [3.8, 4) is 0 Å². The van der Waals surface area contributed by atoms with Crippen LogP contribution in [0, 0.1) is 0 Å². The number of nitrogens with one attached hydrogen (secondary N) is 1. The third kappa shape index (κ3) is 4.61. The summed E-state index contributed by atoms with van der Waals surface area (Å²) in [5.74, 6) is 2.53. The highest BCUT2D eigenvalue weighted by molar-refractivity contribution is 8.20. The van der Waals surface area contributed by atoms with Gasteiger partial charge in [-0.05, 0) is 37.8 Å². The van der Waals surface area contributed by atoms with Crippen LogP contribution < -0.4 is 5.32 Å². The lowest BCUT2D eigenvalue weighted by Crippen LogP contribution is -2.61. The number of rotatable bonds is 7. The maximum atomic E-state index is 6.06. The van der Waals surface area contributed by atoms with Gasteiger partial charge in [-0.25, -0.2) is 0 Å². The zero-order valence-electron chi connectivity index (χ0n) is 18.3. The first-order valence-corrected chi connectivity index (χ1v) is 13.0. The van der Waals surface area contributed by atoms with E-state index in [1.165, 1.54) is 22.6 Å². The molecule has 2 saturated heterocycles. The molecule has 0 radical (unpaired) electrons. The van der Waals surface area contributed by atoms with Crippen molar-refractivity contribution in [1.29, 1.82) is 0 Å². The summed E-state index contributed by atoms with van der Waals surface area (Å²) < 4.78 is 6.67. The van der Waals surface area contributed by atoms with Crippen molar-refractivity contribution in [2.45, 2.75) is 55.1 Å². The molecule has 0 saturated carbocycles. The fourth-order valence-corrected chi connectivity index (χ4v) is 8.09. The Hall–Kier alpha value is -0.980. The minimum absolute atomic E-state index is 0.119. The molecule has 0 aromatic heterocycles. The fourth-order valence-electron chi connectivity index (χ4n) is 4.84. The van der Waals surface area contributed by atoms with E-state index in [4.69, 9.17) is 4.74 Å². The molecule has 5 heteroatoms. The largest absolute Gasteiger partial charge is 0.360 e. The van der Waals surface area contributed by atoms with E-state index in [-0.39, 0.29) is 11.3 Å². The van der Waals surface area contributed by atoms with Crippen molar-refractivity contribution >= 4 is 23.5 Å². The SMILES string of the molecule is COC1(c2ccccc2)CCC(N(Cc2ccccc2)C(C)(C)C2SCCS2)CN1. The van der Waals surface area contributed by atoms with Crippen LogP contribution in [-0.4, -0.2) is 46.2 Å². The topological polar surface area (TPSA) is 24.5 Å². The van der Waals surface area contributed by atoms with Gasteiger partial charge in [0.2, 0.25) is 0 Å². The van der Waals surface area contributed by atoms with E-state index >= 15 is 0 Å². The maximum Gasteiger partial charge on any atom is 0.145 e. The number of methoxy groups -OCH3 is 1. The number of thioether (sulfide) groups is 2. The minimum Gasteiger partial charge on any atom is -0.360 e. The van der Waals surface area contributed by atoms with Gasteiger partial charge in [-0.3, -0.25) is 10.2 Å². The van der Waals surface area contributed by atoms with Crippen LogP contribution in [0.2, 0.25) is 0 Å². The maximum absolute atomic E-state index is 6.06. The van der Waals surface area contributed by atoms with E-state index in [1.54, 1.807) is 0 Å². The Balaban J connectivity index is 1.55. The lowest BCUT2D eigenvalue weighted by Gasteiger charge is -2.50. The molecular weight excluding hydrogens is 408 g/mol. The number of benzene rings is 2. The van der Waals surface area contributed by atoms with Gasteiger partial charge < -0.3 is 4.74 Å². The van der Waals surface area contributed by atoms with E-state index < -0.39 is 0 Å². The van der Waals surface area contributed by atoms with E-state index in [0.717, 1.165) is 25.9 Å². The summed E-state index contributed by atoms with van der Waals surface area (Å²) in [6.07, 6.45) is 2.10. The Labute approximate surface area is 190 Å². The molecular formula is C25H34N2OS2. The normalized spacial score (nSPS) is 25.7. The lowest BCUT2D eigenvalue weighted by atomic mass is 9.88. The molecule has 162 valence electrons. The predicted molar refractivity (Wildman–Crippen MR) is 131 cm³/mol. The minimum atomic E-state index is -0.378. The zero-order valence-corrected chi connectivity index (χ0v) is 20.0. The van der Waals surface area contributed by atoms with Gasteiger partial charge in [0, 0.05) is 43.3 Å². The Morgan fingerprint density at radius 2 is 1.67 bits per heavy atom. The van der Waals surface area contributed by atoms with Crippen LogP contribution in [0.4, 0.5) is 0 Å². The standard InChI is InChI=1S/C25H34N2OS2/c1-24(2,23-29-16-17-30-23)27(19-20-10-6-4-7-11-20)22-14-15-25(28-3,26-18-22)21-12-8-5-9-13-21/h4-13,22-23,26H,14-19H2,1-3H3. The molecule has 0 spiro atoms. The van der Waals surface area contributed by atoms with E-state index in [9.17, 15) is 0 Å². The molecule has 2 heterocycles. The Morgan fingerprint density at radius 1 is 1.03 bits per heavy atom. The van der Waals surface area contributed by atoms with Crippen LogP contribution >= 0.6 is 23.5 Å². The molecule has 3 nitrogen and oxygen atoms in total. The summed E-state index contributed by atoms with van der Waals surface area (Å²) in [5.41, 5.74) is 2.36. The molecule has 2 unspecified atom stereocenters. The van der Waals surface area contributed by atoms with Crippen LogP contribution in [0.25, 0.3) is 0 Å². The Morgan fingerprint density at radius 3 is 2.23 bits per heavy atom. The Kier molecular flexibility index (Phi) is 7.16. The summed E-state index contributed by atoms with van der Waals surface area (Å²) in [4.78, 5) is 2.76. The lowest BCUT2D eigenvalue weighted by molar-refractivity contribution is -0.0878. The second-order valence-corrected chi connectivity index (χ2v) is 11.5. The number of ether oxygens (including phenoxy) is 1. The monoisotopic (exact) mass is 442 g/mol. The van der Waals surface area contributed by atoms with E-state index in [2.05, 4.69) is 108 Å². The van der Waals surface area contributed by atoms with Gasteiger partial charge in [-0.15, -0.1) is 23.5 Å². The van der Waals surface area contributed by atoms with Crippen molar-refractivity contribution in [2.24, 2.45) is 0 Å². The summed E-state index contributed by atoms with van der Waals surface area (Å²) in [6.45, 7) is 6.81. The molecule has 4 rings (SSSR count). The van der Waals surface area contributed by atoms with Crippen molar-refractivity contribution in [3.63, 3.8) is 0 Å². The molecule has 2 aromatic carbocycles. The van der Waals surface area contributed by atoms with Crippen LogP contribution in [0.15, 0.2) is 60.7 Å². The summed E-state index contributed by atoms with van der Waals surface area (Å²) >= 11 is 4.26. The first-order valence-electron chi connectivity index (χ1n) is 10.9. The molecule has 2 aliphatic rings. The van der Waals surface area contributed by atoms with Gasteiger partial charge in [-0.2, -0.15) is 0 Å². The third-order valence-electron chi connectivity index (χ3n) is 6.62. The quantitative estimate of drug-likeness (QED) is 0.625. The molecule has 0 bridgehead atoms. The second-order valence-electron chi connectivity index (χ2n) is 8.81. The first-order chi connectivity index (χ1) is 14.5. The van der Waals surface area contributed by atoms with Gasteiger partial charge in [0.15, 0.2) is 0 Å². The van der Waals surface area contributed by atoms with Crippen molar-refractivity contribution in [1.82, 2.24) is 10.2 Å². The number of hydrogen-bond acceptors (Lipinski definition) is 5. The molecule has 30 heavy (non-hydrogen) atoms. The van der Waals surface area contributed by atoms with E-state index in [1.807, 2.05) is 7.11 Å². The van der Waals surface area contributed by atoms with Crippen LogP contribution in [0.1, 0.15) is 37.8 Å². The fraction of sp³-hybridized carbons (Fsp3) is 0.520. The summed E-state index contributed by atoms with van der Waals surface area (Å²) in [6, 6.07) is 22.0. The highest BCUT2D eigenvalue weighted by Crippen LogP contribution is 2.44. The highest BCUT2D eigenvalue weighted by atomic mass is 32.2. The van der Waals surface area contributed by atoms with Gasteiger partial charge in [0.05, 0.1) is 4.58 Å². The number of nitrogens with zero attached hydrogens (tertiary/aromatic N) is 1. The van der Waals surface area contributed by atoms with Crippen LogP contribution in [0.3, 0.4) is 0 Å². The molecule has 0 amide bonds.